The highest BCUT2D eigenvalue weighted by Gasteiger charge is 2.44. The third-order valence-electron chi connectivity index (χ3n) is 15.7. The number of rotatable bonds is 57. The van der Waals surface area contributed by atoms with Gasteiger partial charge in [0, 0.05) is 6.42 Å². The second kappa shape index (κ2) is 55.7. The second-order valence-corrected chi connectivity index (χ2v) is 22.9. The van der Waals surface area contributed by atoms with Gasteiger partial charge in [-0.15, -0.1) is 0 Å². The van der Waals surface area contributed by atoms with E-state index in [0.717, 1.165) is 44.9 Å². The summed E-state index contributed by atoms with van der Waals surface area (Å²) >= 11 is 0. The Morgan fingerprint density at radius 3 is 1.15 bits per heavy atom. The first-order valence-corrected chi connectivity index (χ1v) is 32.7. The van der Waals surface area contributed by atoms with Crippen LogP contribution in [0.3, 0.4) is 0 Å². The fourth-order valence-corrected chi connectivity index (χ4v) is 10.5. The topological polar surface area (TPSA) is 149 Å². The zero-order chi connectivity index (χ0) is 54.3. The van der Waals surface area contributed by atoms with Gasteiger partial charge in [-0.1, -0.05) is 301 Å². The van der Waals surface area contributed by atoms with Crippen LogP contribution in [-0.4, -0.2) is 87.5 Å². The number of nitrogens with one attached hydrogen (secondary N) is 1. The zero-order valence-corrected chi connectivity index (χ0v) is 49.3. The number of amides is 1. The molecule has 1 fully saturated rings. The molecule has 6 N–H and O–H groups in total. The highest BCUT2D eigenvalue weighted by molar-refractivity contribution is 5.76. The Bertz CT molecular complexity index is 1270. The van der Waals surface area contributed by atoms with E-state index < -0.39 is 49.5 Å². The molecule has 0 bridgehead atoms. The third-order valence-corrected chi connectivity index (χ3v) is 15.7. The Hall–Kier alpha value is -1.59. The van der Waals surface area contributed by atoms with Crippen molar-refractivity contribution in [3.8, 4) is 0 Å². The van der Waals surface area contributed by atoms with Crippen molar-refractivity contribution in [3.63, 3.8) is 0 Å². The smallest absolute Gasteiger partial charge is 0.220 e. The van der Waals surface area contributed by atoms with E-state index in [4.69, 9.17) is 9.47 Å². The van der Waals surface area contributed by atoms with Crippen LogP contribution in [0.4, 0.5) is 0 Å². The number of carbonyl (C=O) groups excluding carboxylic acids is 1. The summed E-state index contributed by atoms with van der Waals surface area (Å²) in [6.45, 7) is 3.81. The quantitative estimate of drug-likeness (QED) is 0.0261. The normalized spacial score (nSPS) is 19.1. The Kier molecular flexibility index (Phi) is 53.1. The van der Waals surface area contributed by atoms with E-state index in [0.29, 0.717) is 6.42 Å². The number of hydrogen-bond donors (Lipinski definition) is 6. The minimum atomic E-state index is -1.57. The largest absolute Gasteiger partial charge is 0.394 e. The van der Waals surface area contributed by atoms with Gasteiger partial charge in [0.25, 0.3) is 0 Å². The van der Waals surface area contributed by atoms with Gasteiger partial charge in [0.2, 0.25) is 5.91 Å². The van der Waals surface area contributed by atoms with E-state index in [1.807, 2.05) is 6.08 Å². The van der Waals surface area contributed by atoms with E-state index in [-0.39, 0.29) is 12.5 Å². The SMILES string of the molecule is CCCCCCC/C=C\C/C=C\CCCCCCCCCCCCCCCCCCCCCC(=O)NC(COC1OC(CO)C(O)C(O)C1O)C(O)/C=C/CCCCCCCCCCCCCCCCCCCCC. The van der Waals surface area contributed by atoms with E-state index in [1.54, 1.807) is 6.08 Å². The molecule has 0 aliphatic carbocycles. The molecule has 1 amide bonds. The van der Waals surface area contributed by atoms with Crippen molar-refractivity contribution in [2.24, 2.45) is 0 Å². The van der Waals surface area contributed by atoms with Gasteiger partial charge in [0.15, 0.2) is 6.29 Å². The number of hydrogen-bond acceptors (Lipinski definition) is 8. The minimum Gasteiger partial charge on any atom is -0.394 e. The summed E-state index contributed by atoms with van der Waals surface area (Å²) in [5, 5.41) is 54.7. The van der Waals surface area contributed by atoms with Crippen molar-refractivity contribution >= 4 is 5.91 Å². The van der Waals surface area contributed by atoms with Gasteiger partial charge in [0.1, 0.15) is 24.4 Å². The van der Waals surface area contributed by atoms with Gasteiger partial charge in [-0.3, -0.25) is 4.79 Å². The molecule has 7 unspecified atom stereocenters. The molecule has 0 spiro atoms. The molecular formula is C66H125NO8. The first-order valence-electron chi connectivity index (χ1n) is 32.7. The van der Waals surface area contributed by atoms with Crippen LogP contribution in [0.1, 0.15) is 322 Å². The molecule has 9 heteroatoms. The van der Waals surface area contributed by atoms with Crippen molar-refractivity contribution < 1.29 is 39.8 Å². The van der Waals surface area contributed by atoms with E-state index >= 15 is 0 Å². The van der Waals surface area contributed by atoms with Crippen LogP contribution in [0.2, 0.25) is 0 Å². The molecule has 442 valence electrons. The average molecular weight is 1060 g/mol. The molecule has 0 aromatic carbocycles. The number of aliphatic hydroxyl groups excluding tert-OH is 5. The minimum absolute atomic E-state index is 0.171. The van der Waals surface area contributed by atoms with Gasteiger partial charge >= 0.3 is 0 Å². The molecule has 75 heavy (non-hydrogen) atoms. The second-order valence-electron chi connectivity index (χ2n) is 22.9. The summed E-state index contributed by atoms with van der Waals surface area (Å²) in [4.78, 5) is 13.1. The fraction of sp³-hybridized carbons (Fsp3) is 0.894. The van der Waals surface area contributed by atoms with Crippen LogP contribution in [0.5, 0.6) is 0 Å². The van der Waals surface area contributed by atoms with Gasteiger partial charge < -0.3 is 40.3 Å². The average Bonchev–Trinajstić information content (AvgIpc) is 3.41. The van der Waals surface area contributed by atoms with Crippen LogP contribution < -0.4 is 5.32 Å². The molecule has 9 nitrogen and oxygen atoms in total. The van der Waals surface area contributed by atoms with Crippen molar-refractivity contribution in [1.29, 1.82) is 0 Å². The summed E-state index contributed by atoms with van der Waals surface area (Å²) in [5.74, 6) is -0.171. The van der Waals surface area contributed by atoms with Gasteiger partial charge in [0.05, 0.1) is 25.4 Å². The van der Waals surface area contributed by atoms with Crippen molar-refractivity contribution in [2.45, 2.75) is 365 Å². The summed E-state index contributed by atoms with van der Waals surface area (Å²) in [6, 6.07) is -0.804. The Morgan fingerprint density at radius 1 is 0.453 bits per heavy atom. The van der Waals surface area contributed by atoms with Crippen LogP contribution >= 0.6 is 0 Å². The number of unbranched alkanes of at least 4 members (excludes halogenated alkanes) is 43. The molecule has 7 atom stereocenters. The first-order chi connectivity index (χ1) is 36.8. The zero-order valence-electron chi connectivity index (χ0n) is 49.3. The molecular weight excluding hydrogens is 935 g/mol. The molecule has 1 aliphatic heterocycles. The van der Waals surface area contributed by atoms with Gasteiger partial charge in [-0.2, -0.15) is 0 Å². The van der Waals surface area contributed by atoms with Crippen LogP contribution in [0.15, 0.2) is 36.5 Å². The summed E-state index contributed by atoms with van der Waals surface area (Å²) in [7, 11) is 0. The summed E-state index contributed by atoms with van der Waals surface area (Å²) < 4.78 is 11.3. The Morgan fingerprint density at radius 2 is 0.787 bits per heavy atom. The lowest BCUT2D eigenvalue weighted by Crippen LogP contribution is -2.60. The summed E-state index contributed by atoms with van der Waals surface area (Å²) in [5.41, 5.74) is 0. The Labute approximate surface area is 463 Å². The highest BCUT2D eigenvalue weighted by atomic mass is 16.7. The molecule has 1 saturated heterocycles. The fourth-order valence-electron chi connectivity index (χ4n) is 10.5. The summed E-state index contributed by atoms with van der Waals surface area (Å²) in [6.07, 6.45) is 66.6. The lowest BCUT2D eigenvalue weighted by atomic mass is 9.99. The molecule has 1 rings (SSSR count). The number of carbonyl (C=O) groups is 1. The third kappa shape index (κ3) is 44.9. The highest BCUT2D eigenvalue weighted by Crippen LogP contribution is 2.23. The van der Waals surface area contributed by atoms with Crippen molar-refractivity contribution in [3.05, 3.63) is 36.5 Å². The maximum Gasteiger partial charge on any atom is 0.220 e. The van der Waals surface area contributed by atoms with E-state index in [1.165, 1.54) is 257 Å². The Balaban J connectivity index is 2.14. The molecule has 0 aromatic rings. The molecule has 0 aromatic heterocycles. The van der Waals surface area contributed by atoms with Gasteiger partial charge in [-0.05, 0) is 51.4 Å². The predicted octanol–water partition coefficient (Wildman–Crippen LogP) is 17.1. The lowest BCUT2D eigenvalue weighted by molar-refractivity contribution is -0.302. The van der Waals surface area contributed by atoms with Crippen LogP contribution in [0, 0.1) is 0 Å². The van der Waals surface area contributed by atoms with E-state index in [2.05, 4.69) is 43.5 Å². The maximum absolute atomic E-state index is 13.1. The number of allylic oxidation sites excluding steroid dienone is 5. The number of aliphatic hydroxyl groups is 5. The monoisotopic (exact) mass is 1060 g/mol. The molecule has 0 radical (unpaired) electrons. The number of ether oxygens (including phenoxy) is 2. The van der Waals surface area contributed by atoms with Crippen molar-refractivity contribution in [2.75, 3.05) is 13.2 Å². The first kappa shape index (κ1) is 71.4. The lowest BCUT2D eigenvalue weighted by Gasteiger charge is -2.40. The maximum atomic E-state index is 13.1. The standard InChI is InChI=1S/C66H125NO8/c1-3-5-7-9-11-13-15-17-19-21-23-25-26-27-28-29-30-31-32-33-34-36-38-40-42-44-46-48-50-52-54-56-62(70)67-59(58-74-66-65(73)64(72)63(71)61(57-68)75-66)60(69)55-53-51-49-47-45-43-41-39-37-35-24-22-20-18-16-14-12-10-8-6-4-2/h15,17,21,23,53,55,59-61,63-66,68-69,71-73H,3-14,16,18-20,22,24-52,54,56-58H2,1-2H3,(H,67,70)/b17-15-,23-21-,55-53+. The molecule has 1 aliphatic rings. The van der Waals surface area contributed by atoms with E-state index in [9.17, 15) is 30.3 Å². The van der Waals surface area contributed by atoms with Crippen molar-refractivity contribution in [1.82, 2.24) is 5.32 Å². The van der Waals surface area contributed by atoms with Crippen LogP contribution in [0.25, 0.3) is 0 Å². The van der Waals surface area contributed by atoms with Gasteiger partial charge in [-0.25, -0.2) is 0 Å². The molecule has 0 saturated carbocycles. The molecule has 1 heterocycles. The predicted molar refractivity (Wildman–Crippen MR) is 318 cm³/mol. The van der Waals surface area contributed by atoms with Crippen LogP contribution in [-0.2, 0) is 14.3 Å².